The van der Waals surface area contributed by atoms with Crippen molar-refractivity contribution < 1.29 is 4.79 Å². The van der Waals surface area contributed by atoms with Crippen molar-refractivity contribution in [1.29, 1.82) is 0 Å². The third-order valence-electron chi connectivity index (χ3n) is 1.17. The van der Waals surface area contributed by atoms with E-state index in [1.807, 2.05) is 5.38 Å². The van der Waals surface area contributed by atoms with Crippen LogP contribution in [0.3, 0.4) is 0 Å². The van der Waals surface area contributed by atoms with E-state index in [1.165, 1.54) is 11.3 Å². The molecule has 0 fully saturated rings. The highest BCUT2D eigenvalue weighted by molar-refractivity contribution is 7.12. The van der Waals surface area contributed by atoms with Gasteiger partial charge >= 0.3 is 0 Å². The molecule has 0 saturated carbocycles. The van der Waals surface area contributed by atoms with Gasteiger partial charge in [-0.15, -0.1) is 11.3 Å². The minimum Gasteiger partial charge on any atom is -0.365 e. The van der Waals surface area contributed by atoms with E-state index in [0.717, 1.165) is 0 Å². The maximum Gasteiger partial charge on any atom is 0.258 e. The van der Waals surface area contributed by atoms with Crippen LogP contribution in [0.5, 0.6) is 0 Å². The zero-order chi connectivity index (χ0) is 9.52. The second-order valence-electron chi connectivity index (χ2n) is 2.10. The Morgan fingerprint density at radius 2 is 2.46 bits per heavy atom. The first-order chi connectivity index (χ1) is 6.30. The van der Waals surface area contributed by atoms with E-state index in [9.17, 15) is 4.79 Å². The topological polar surface area (TPSA) is 71.8 Å². The standard InChI is InChI=1S/C5H5NOS.C3H4N2/c6-5(7)4-2-1-3-8-4;1-2-5-3-4-1/h1-3H,(H2,6,7);1-3H,(H,4,5). The molecule has 2 aromatic heterocycles. The second-order valence-corrected chi connectivity index (χ2v) is 3.05. The number of hydrogen-bond donors (Lipinski definition) is 2. The lowest BCUT2D eigenvalue weighted by molar-refractivity contribution is 0.100. The Morgan fingerprint density at radius 1 is 1.62 bits per heavy atom. The van der Waals surface area contributed by atoms with Crippen LogP contribution in [0.25, 0.3) is 0 Å². The third kappa shape index (κ3) is 3.53. The number of nitrogens with zero attached hydrogens (tertiary/aromatic N) is 1. The number of aromatic amines is 1. The summed E-state index contributed by atoms with van der Waals surface area (Å²) < 4.78 is 0. The smallest absolute Gasteiger partial charge is 0.258 e. The van der Waals surface area contributed by atoms with Crippen LogP contribution in [0.4, 0.5) is 0 Å². The van der Waals surface area contributed by atoms with Crippen molar-refractivity contribution in [3.63, 3.8) is 0 Å². The Labute approximate surface area is 79.4 Å². The van der Waals surface area contributed by atoms with Crippen LogP contribution in [0, 0.1) is 0 Å². The number of H-pyrrole nitrogens is 1. The van der Waals surface area contributed by atoms with Gasteiger partial charge in [0.2, 0.25) is 0 Å². The van der Waals surface area contributed by atoms with E-state index in [0.29, 0.717) is 4.88 Å². The quantitative estimate of drug-likeness (QED) is 0.719. The van der Waals surface area contributed by atoms with Crippen LogP contribution in [-0.2, 0) is 0 Å². The van der Waals surface area contributed by atoms with Gasteiger partial charge in [-0.3, -0.25) is 4.79 Å². The minimum absolute atomic E-state index is 0.347. The molecule has 0 spiro atoms. The first-order valence-electron chi connectivity index (χ1n) is 3.57. The molecule has 0 aliphatic heterocycles. The number of imidazole rings is 1. The molecule has 2 aromatic rings. The number of nitrogens with one attached hydrogen (secondary N) is 1. The molecule has 4 nitrogen and oxygen atoms in total. The summed E-state index contributed by atoms with van der Waals surface area (Å²) in [5, 5.41) is 1.82. The molecule has 68 valence electrons. The van der Waals surface area contributed by atoms with E-state index in [-0.39, 0.29) is 5.91 Å². The Hall–Kier alpha value is -1.62. The molecule has 13 heavy (non-hydrogen) atoms. The van der Waals surface area contributed by atoms with Gasteiger partial charge < -0.3 is 10.7 Å². The highest BCUT2D eigenvalue weighted by Crippen LogP contribution is 2.05. The second kappa shape index (κ2) is 5.10. The van der Waals surface area contributed by atoms with Crippen LogP contribution >= 0.6 is 11.3 Å². The monoisotopic (exact) mass is 195 g/mol. The van der Waals surface area contributed by atoms with Gasteiger partial charge in [-0.25, -0.2) is 4.98 Å². The van der Waals surface area contributed by atoms with Crippen LogP contribution in [0.15, 0.2) is 36.2 Å². The van der Waals surface area contributed by atoms with Gasteiger partial charge in [-0.2, -0.15) is 0 Å². The first kappa shape index (κ1) is 9.47. The Kier molecular flexibility index (Phi) is 3.72. The van der Waals surface area contributed by atoms with Gasteiger partial charge in [0.25, 0.3) is 5.91 Å². The number of amides is 1. The lowest BCUT2D eigenvalue weighted by Crippen LogP contribution is -2.07. The molecule has 5 heteroatoms. The number of carbonyl (C=O) groups is 1. The van der Waals surface area contributed by atoms with Gasteiger partial charge in [0.05, 0.1) is 11.2 Å². The summed E-state index contributed by atoms with van der Waals surface area (Å²) in [6.45, 7) is 0. The molecule has 0 aliphatic carbocycles. The zero-order valence-corrected chi connectivity index (χ0v) is 7.62. The summed E-state index contributed by atoms with van der Waals surface area (Å²) in [6, 6.07) is 3.50. The zero-order valence-electron chi connectivity index (χ0n) is 6.81. The number of primary amides is 1. The molecule has 0 saturated heterocycles. The summed E-state index contributed by atoms with van der Waals surface area (Å²) >= 11 is 1.36. The lowest BCUT2D eigenvalue weighted by Gasteiger charge is -1.80. The molecule has 0 unspecified atom stereocenters. The van der Waals surface area contributed by atoms with E-state index in [4.69, 9.17) is 5.73 Å². The van der Waals surface area contributed by atoms with Crippen LogP contribution in [0.2, 0.25) is 0 Å². The summed E-state index contributed by atoms with van der Waals surface area (Å²) in [4.78, 5) is 17.3. The number of aromatic nitrogens is 2. The predicted octanol–water partition coefficient (Wildman–Crippen LogP) is 1.26. The number of thiophene rings is 1. The fraction of sp³-hybridized carbons (Fsp3) is 0. The largest absolute Gasteiger partial charge is 0.365 e. The van der Waals surface area contributed by atoms with Crippen molar-refractivity contribution in [3.05, 3.63) is 41.1 Å². The highest BCUT2D eigenvalue weighted by atomic mass is 32.1. The summed E-state index contributed by atoms with van der Waals surface area (Å²) in [5.41, 5.74) is 4.93. The van der Waals surface area contributed by atoms with Crippen molar-refractivity contribution in [2.45, 2.75) is 0 Å². The molecule has 2 heterocycles. The summed E-state index contributed by atoms with van der Waals surface area (Å²) in [6.07, 6.45) is 5.08. The molecule has 3 N–H and O–H groups in total. The van der Waals surface area contributed by atoms with E-state index < -0.39 is 0 Å². The van der Waals surface area contributed by atoms with E-state index in [2.05, 4.69) is 9.97 Å². The fourth-order valence-electron chi connectivity index (χ4n) is 0.634. The van der Waals surface area contributed by atoms with Crippen molar-refractivity contribution in [2.75, 3.05) is 0 Å². The lowest BCUT2D eigenvalue weighted by atomic mass is 10.5. The number of carbonyl (C=O) groups excluding carboxylic acids is 1. The van der Waals surface area contributed by atoms with Gasteiger partial charge in [-0.05, 0) is 11.4 Å². The highest BCUT2D eigenvalue weighted by Gasteiger charge is 1.96. The number of rotatable bonds is 1. The molecule has 0 atom stereocenters. The Bertz CT molecular complexity index is 311. The van der Waals surface area contributed by atoms with Gasteiger partial charge in [0.15, 0.2) is 0 Å². The van der Waals surface area contributed by atoms with E-state index >= 15 is 0 Å². The molecule has 0 aliphatic rings. The molecule has 0 bridgehead atoms. The molecule has 2 rings (SSSR count). The molecule has 1 amide bonds. The van der Waals surface area contributed by atoms with Gasteiger partial charge in [0, 0.05) is 12.4 Å². The average Bonchev–Trinajstić information content (AvgIpc) is 2.82. The maximum absolute atomic E-state index is 10.3. The SMILES string of the molecule is NC(=O)c1cccs1.c1c[nH]cn1. The molecule has 0 radical (unpaired) electrons. The Balaban J connectivity index is 0.000000145. The van der Waals surface area contributed by atoms with Crippen molar-refractivity contribution in [2.24, 2.45) is 5.73 Å². The van der Waals surface area contributed by atoms with Gasteiger partial charge in [0.1, 0.15) is 0 Å². The number of nitrogens with two attached hydrogens (primary N) is 1. The average molecular weight is 195 g/mol. The third-order valence-corrected chi connectivity index (χ3v) is 2.05. The predicted molar refractivity (Wildman–Crippen MR) is 51.4 cm³/mol. The fourth-order valence-corrected chi connectivity index (χ4v) is 1.21. The van der Waals surface area contributed by atoms with Crippen LogP contribution < -0.4 is 5.73 Å². The normalized spacial score (nSPS) is 8.62. The first-order valence-corrected chi connectivity index (χ1v) is 4.44. The van der Waals surface area contributed by atoms with Gasteiger partial charge in [-0.1, -0.05) is 6.07 Å². The minimum atomic E-state index is -0.347. The van der Waals surface area contributed by atoms with Crippen molar-refractivity contribution in [3.8, 4) is 0 Å². The van der Waals surface area contributed by atoms with Crippen LogP contribution in [-0.4, -0.2) is 15.9 Å². The summed E-state index contributed by atoms with van der Waals surface area (Å²) in [7, 11) is 0. The molecule has 0 aromatic carbocycles. The molecular formula is C8H9N3OS. The number of hydrogen-bond acceptors (Lipinski definition) is 3. The maximum atomic E-state index is 10.3. The van der Waals surface area contributed by atoms with Crippen LogP contribution in [0.1, 0.15) is 9.67 Å². The molecular weight excluding hydrogens is 186 g/mol. The Morgan fingerprint density at radius 3 is 2.69 bits per heavy atom. The van der Waals surface area contributed by atoms with Crippen molar-refractivity contribution >= 4 is 17.2 Å². The van der Waals surface area contributed by atoms with Crippen molar-refractivity contribution in [1.82, 2.24) is 9.97 Å². The summed E-state index contributed by atoms with van der Waals surface area (Å²) in [5.74, 6) is -0.347. The van der Waals surface area contributed by atoms with E-state index in [1.54, 1.807) is 30.9 Å².